The van der Waals surface area contributed by atoms with E-state index < -0.39 is 11.9 Å². The van der Waals surface area contributed by atoms with Gasteiger partial charge in [-0.2, -0.15) is 0 Å². The second kappa shape index (κ2) is 22.8. The van der Waals surface area contributed by atoms with Crippen molar-refractivity contribution in [1.82, 2.24) is 28.7 Å². The Balaban J connectivity index is 0.000000175. The minimum atomic E-state index is -0.833. The molecule has 0 amide bonds. The van der Waals surface area contributed by atoms with Crippen LogP contribution in [-0.4, -0.2) is 50.9 Å². The van der Waals surface area contributed by atoms with Crippen LogP contribution in [0.3, 0.4) is 0 Å². The number of fused-ring (bicyclic) bond motifs is 12. The number of aromatic nitrogens is 6. The van der Waals surface area contributed by atoms with E-state index in [0.717, 1.165) is 91.7 Å². The minimum Gasteiger partial charge on any atom is -0.497 e. The molecule has 12 nitrogen and oxygen atoms in total. The molecule has 0 fully saturated rings. The van der Waals surface area contributed by atoms with Gasteiger partial charge in [-0.05, 0) is 77.1 Å². The number of carboxylic acids is 2. The van der Waals surface area contributed by atoms with Gasteiger partial charge in [-0.1, -0.05) is 95.7 Å². The van der Waals surface area contributed by atoms with Gasteiger partial charge in [0.05, 0.1) is 16.9 Å². The Kier molecular flexibility index (Phi) is 16.2. The van der Waals surface area contributed by atoms with Gasteiger partial charge in [0.2, 0.25) is 0 Å². The molecule has 0 aliphatic rings. The Labute approximate surface area is 429 Å². The van der Waals surface area contributed by atoms with E-state index in [9.17, 15) is 0 Å². The van der Waals surface area contributed by atoms with Crippen LogP contribution in [0, 0.1) is 12.1 Å². The zero-order valence-electron chi connectivity index (χ0n) is 37.3. The maximum absolute atomic E-state index is 9.00. The van der Waals surface area contributed by atoms with Crippen molar-refractivity contribution in [2.45, 2.75) is 13.8 Å². The predicted molar refractivity (Wildman–Crippen MR) is 264 cm³/mol. The van der Waals surface area contributed by atoms with Gasteiger partial charge in [0.15, 0.2) is 0 Å². The molecule has 6 aromatic carbocycles. The summed E-state index contributed by atoms with van der Waals surface area (Å²) in [5.41, 5.74) is 7.75. The van der Waals surface area contributed by atoms with Crippen LogP contribution in [0.4, 0.5) is 0 Å². The Morgan fingerprint density at radius 1 is 0.486 bits per heavy atom. The number of nitrogens with zero attached hydrogens (tertiary/aromatic N) is 6. The van der Waals surface area contributed by atoms with E-state index >= 15 is 0 Å². The summed E-state index contributed by atoms with van der Waals surface area (Å²) < 4.78 is 16.5. The summed E-state index contributed by atoms with van der Waals surface area (Å²) in [5.74, 6) is 1.13. The fraction of sp³-hybridized carbons (Fsp3) is 0.0357. The Hall–Kier alpha value is -8.10. The van der Waals surface area contributed by atoms with E-state index in [2.05, 4.69) is 95.5 Å². The van der Waals surface area contributed by atoms with E-state index in [0.29, 0.717) is 11.5 Å². The summed E-state index contributed by atoms with van der Waals surface area (Å²) in [4.78, 5) is 36.0. The largest absolute Gasteiger partial charge is 2.00 e. The fourth-order valence-electron chi connectivity index (χ4n) is 7.83. The number of pyridine rings is 4. The molecule has 12 rings (SSSR count). The van der Waals surface area contributed by atoms with E-state index in [4.69, 9.17) is 29.3 Å². The van der Waals surface area contributed by atoms with Gasteiger partial charge in [0.25, 0.3) is 11.9 Å². The number of ether oxygens (including phenoxy) is 2. The summed E-state index contributed by atoms with van der Waals surface area (Å²) >= 11 is 0. The van der Waals surface area contributed by atoms with Gasteiger partial charge in [0, 0.05) is 105 Å². The number of carboxylic acid groups (broad SMARTS) is 2. The second-order valence-corrected chi connectivity index (χ2v) is 15.2. The first-order valence-corrected chi connectivity index (χ1v) is 21.4. The number of rotatable bonds is 6. The van der Waals surface area contributed by atoms with Crippen molar-refractivity contribution in [2.75, 3.05) is 0 Å². The fourth-order valence-corrected chi connectivity index (χ4v) is 7.83. The number of benzene rings is 6. The number of carbonyl (C=O) groups is 2. The van der Waals surface area contributed by atoms with Crippen molar-refractivity contribution in [2.24, 2.45) is 0 Å². The van der Waals surface area contributed by atoms with Crippen molar-refractivity contribution >= 4 is 66.6 Å². The van der Waals surface area contributed by atoms with Gasteiger partial charge < -0.3 is 29.1 Å². The molecule has 0 atom stereocenters. The molecule has 0 radical (unpaired) electrons. The molecule has 14 heteroatoms. The Morgan fingerprint density at radius 3 is 1.71 bits per heavy atom. The average molecular weight is 1110 g/mol. The normalized spacial score (nSPS) is 10.4. The predicted octanol–water partition coefficient (Wildman–Crippen LogP) is 12.8. The zero-order valence-corrected chi connectivity index (χ0v) is 40.4. The molecule has 0 aliphatic carbocycles. The third-order valence-electron chi connectivity index (χ3n) is 10.5. The molecule has 350 valence electrons. The molecule has 2 N–H and O–H groups in total. The second-order valence-electron chi connectivity index (χ2n) is 15.2. The van der Waals surface area contributed by atoms with E-state index in [-0.39, 0.29) is 40.8 Å². The maximum Gasteiger partial charge on any atom is 2.00 e. The van der Waals surface area contributed by atoms with Crippen LogP contribution in [0.1, 0.15) is 13.8 Å². The van der Waals surface area contributed by atoms with Crippen LogP contribution in [0.2, 0.25) is 0 Å². The van der Waals surface area contributed by atoms with Gasteiger partial charge in [-0.25, -0.2) is 4.98 Å². The average Bonchev–Trinajstić information content (AvgIpc) is 4.07. The zero-order chi connectivity index (χ0) is 47.0. The number of aliphatic carboxylic acids is 2. The van der Waals surface area contributed by atoms with Crippen LogP contribution in [0.15, 0.2) is 195 Å². The van der Waals surface area contributed by atoms with Gasteiger partial charge in [0.1, 0.15) is 17.1 Å². The van der Waals surface area contributed by atoms with Crippen LogP contribution >= 0.6 is 0 Å². The standard InChI is InChI=1S/C26H17N3O.C26H15N3O.2C2H4O2.2Pd/c2*1-2-10-25-22(8-1)21-12-11-20(17-23(21)26-28-14-15-29(25)26)30-19-7-5-6-18(16-19)24-9-3-4-13-27-24;2*1-2(3)4;;/h1-17H;1-15H;2*1H3,(H,3,4);;/q;-2;;;;+2. The first kappa shape index (κ1) is 49.8. The van der Waals surface area contributed by atoms with E-state index in [1.54, 1.807) is 12.4 Å². The third-order valence-corrected chi connectivity index (χ3v) is 10.5. The molecular weight excluding hydrogens is 1070 g/mol. The molecule has 70 heavy (non-hydrogen) atoms. The summed E-state index contributed by atoms with van der Waals surface area (Å²) in [7, 11) is 0. The molecule has 0 saturated heterocycles. The molecule has 0 saturated carbocycles. The van der Waals surface area contributed by atoms with Crippen LogP contribution < -0.4 is 9.47 Å². The summed E-state index contributed by atoms with van der Waals surface area (Å²) in [6, 6.07) is 59.1. The van der Waals surface area contributed by atoms with Crippen molar-refractivity contribution in [3.05, 3.63) is 207 Å². The third kappa shape index (κ3) is 11.3. The molecule has 0 bridgehead atoms. The van der Waals surface area contributed by atoms with Gasteiger partial charge in [-0.15, -0.1) is 29.8 Å². The van der Waals surface area contributed by atoms with Crippen LogP contribution in [-0.2, 0) is 50.4 Å². The molecule has 12 aromatic rings. The minimum absolute atomic E-state index is 0. The first-order valence-electron chi connectivity index (χ1n) is 21.4. The maximum atomic E-state index is 9.00. The number of hydrogen-bond acceptors (Lipinski definition) is 8. The summed E-state index contributed by atoms with van der Waals surface area (Å²) in [6.07, 6.45) is 11.2. The first-order chi connectivity index (χ1) is 33.2. The van der Waals surface area contributed by atoms with Crippen LogP contribution in [0.25, 0.3) is 77.2 Å². The van der Waals surface area contributed by atoms with Crippen LogP contribution in [0.5, 0.6) is 23.0 Å². The quantitative estimate of drug-likeness (QED) is 0.0934. The Bertz CT molecular complexity index is 3500. The summed E-state index contributed by atoms with van der Waals surface area (Å²) in [6.45, 7) is 2.17. The number of imidazole rings is 2. The van der Waals surface area contributed by atoms with Gasteiger partial charge >= 0.3 is 20.4 Å². The monoisotopic (exact) mass is 1100 g/mol. The van der Waals surface area contributed by atoms with Gasteiger partial charge in [-0.3, -0.25) is 24.0 Å². The molecular formula is C56H40N6O6Pd2. The van der Waals surface area contributed by atoms with E-state index in [1.165, 1.54) is 10.8 Å². The van der Waals surface area contributed by atoms with E-state index in [1.807, 2.05) is 128 Å². The van der Waals surface area contributed by atoms with Crippen molar-refractivity contribution < 1.29 is 70.1 Å². The topological polar surface area (TPSA) is 153 Å². The summed E-state index contributed by atoms with van der Waals surface area (Å²) in [5, 5.41) is 21.4. The van der Waals surface area contributed by atoms with Crippen molar-refractivity contribution in [3.63, 3.8) is 0 Å². The Morgan fingerprint density at radius 2 is 1.04 bits per heavy atom. The molecule has 0 unspecified atom stereocenters. The SMILES string of the molecule is CC(=O)O.CC(=O)O.[Pd+2].[Pd].[c-]1c(Oc2[c-]c3c(cc2)c2ccccc2n2ccnc32)cccc1-c1ccccn1.c1ccc(-c2cccc(Oc3ccc4c5ccccc5n5ccnc5c4c3)c2)nc1. The smallest absolute Gasteiger partial charge is 0.497 e. The molecule has 6 aromatic heterocycles. The van der Waals surface area contributed by atoms with Crippen molar-refractivity contribution in [1.29, 1.82) is 0 Å². The molecule has 0 aliphatic heterocycles. The number of hydrogen-bond donors (Lipinski definition) is 2. The van der Waals surface area contributed by atoms with Crippen molar-refractivity contribution in [3.8, 4) is 45.5 Å². The number of para-hydroxylation sites is 2. The molecule has 6 heterocycles. The molecule has 0 spiro atoms.